The van der Waals surface area contributed by atoms with Crippen molar-refractivity contribution in [3.63, 3.8) is 0 Å². The largest absolute Gasteiger partial charge is 0.491 e. The van der Waals surface area contributed by atoms with Crippen LogP contribution in [0.3, 0.4) is 0 Å². The summed E-state index contributed by atoms with van der Waals surface area (Å²) in [5.74, 6) is 5.84. The lowest BCUT2D eigenvalue weighted by molar-refractivity contribution is 0.318. The summed E-state index contributed by atoms with van der Waals surface area (Å²) in [6, 6.07) is 4.88. The van der Waals surface area contributed by atoms with Crippen LogP contribution in [0.15, 0.2) is 23.1 Å². The van der Waals surface area contributed by atoms with Crippen molar-refractivity contribution in [3.8, 4) is 17.6 Å². The molecule has 0 radical (unpaired) electrons. The van der Waals surface area contributed by atoms with Gasteiger partial charge in [0.15, 0.2) is 0 Å². The van der Waals surface area contributed by atoms with Gasteiger partial charge in [0.25, 0.3) is 0 Å². The van der Waals surface area contributed by atoms with E-state index in [1.165, 1.54) is 6.07 Å². The van der Waals surface area contributed by atoms with Crippen molar-refractivity contribution in [2.45, 2.75) is 25.2 Å². The molecule has 0 saturated carbocycles. The number of hydrogen-bond donors (Lipinski definition) is 1. The molecule has 0 aromatic heterocycles. The summed E-state index contributed by atoms with van der Waals surface area (Å²) in [6.45, 7) is 3.87. The van der Waals surface area contributed by atoms with E-state index in [1.807, 2.05) is 0 Å². The molecular formula is C12H15NO3S. The van der Waals surface area contributed by atoms with E-state index >= 15 is 0 Å². The van der Waals surface area contributed by atoms with Gasteiger partial charge in [0.1, 0.15) is 10.6 Å². The second-order valence-corrected chi connectivity index (χ2v) is 5.05. The van der Waals surface area contributed by atoms with Gasteiger partial charge in [-0.1, -0.05) is 6.07 Å². The third-order valence-electron chi connectivity index (χ3n) is 2.07. The molecule has 2 N–H and O–H groups in total. The minimum absolute atomic E-state index is 0.0157. The van der Waals surface area contributed by atoms with Crippen molar-refractivity contribution in [1.82, 2.24) is 0 Å². The molecule has 0 amide bonds. The van der Waals surface area contributed by atoms with Gasteiger partial charge in [-0.2, -0.15) is 0 Å². The van der Waals surface area contributed by atoms with E-state index in [2.05, 4.69) is 11.8 Å². The monoisotopic (exact) mass is 253 g/mol. The Balaban J connectivity index is 2.94. The number of ether oxygens (including phenoxy) is 1. The Hall–Kier alpha value is -1.51. The van der Waals surface area contributed by atoms with Gasteiger partial charge < -0.3 is 4.74 Å². The van der Waals surface area contributed by atoms with Gasteiger partial charge in [-0.15, -0.1) is 11.8 Å². The predicted octanol–water partition coefficient (Wildman–Crippen LogP) is 1.43. The van der Waals surface area contributed by atoms with E-state index in [9.17, 15) is 8.42 Å². The van der Waals surface area contributed by atoms with E-state index in [1.54, 1.807) is 26.0 Å². The number of rotatable bonds is 4. The second kappa shape index (κ2) is 5.71. The normalized spacial score (nSPS) is 10.5. The first kappa shape index (κ1) is 13.6. The Morgan fingerprint density at radius 2 is 2.12 bits per heavy atom. The first-order valence-electron chi connectivity index (χ1n) is 5.11. The molecule has 0 saturated heterocycles. The minimum atomic E-state index is -3.76. The van der Waals surface area contributed by atoms with Crippen LogP contribution in [-0.2, 0) is 10.0 Å². The van der Waals surface area contributed by atoms with Crippen molar-refractivity contribution in [1.29, 1.82) is 0 Å². The van der Waals surface area contributed by atoms with Gasteiger partial charge in [0, 0.05) is 6.42 Å². The number of hydrogen-bond acceptors (Lipinski definition) is 3. The molecule has 17 heavy (non-hydrogen) atoms. The third kappa shape index (κ3) is 4.10. The molecule has 0 spiro atoms. The Morgan fingerprint density at radius 3 is 2.71 bits per heavy atom. The highest BCUT2D eigenvalue weighted by atomic mass is 32.2. The fourth-order valence-electron chi connectivity index (χ4n) is 1.29. The van der Waals surface area contributed by atoms with Gasteiger partial charge >= 0.3 is 0 Å². The zero-order valence-electron chi connectivity index (χ0n) is 9.86. The van der Waals surface area contributed by atoms with Crippen molar-refractivity contribution >= 4 is 10.0 Å². The average molecular weight is 253 g/mol. The molecule has 0 fully saturated rings. The summed E-state index contributed by atoms with van der Waals surface area (Å²) in [4.78, 5) is 0.0157. The molecule has 4 nitrogen and oxygen atoms in total. The lowest BCUT2D eigenvalue weighted by Crippen LogP contribution is -2.14. The van der Waals surface area contributed by atoms with Crippen molar-refractivity contribution in [3.05, 3.63) is 23.8 Å². The Morgan fingerprint density at radius 1 is 1.41 bits per heavy atom. The number of nitrogens with two attached hydrogens (primary N) is 1. The van der Waals surface area contributed by atoms with Crippen LogP contribution in [0.1, 0.15) is 18.9 Å². The quantitative estimate of drug-likeness (QED) is 0.652. The maximum atomic E-state index is 11.4. The smallest absolute Gasteiger partial charge is 0.241 e. The van der Waals surface area contributed by atoms with E-state index in [0.717, 1.165) is 5.56 Å². The highest BCUT2D eigenvalue weighted by molar-refractivity contribution is 7.89. The van der Waals surface area contributed by atoms with Crippen molar-refractivity contribution in [2.75, 3.05) is 6.61 Å². The summed E-state index contributed by atoms with van der Waals surface area (Å²) >= 11 is 0. The molecule has 0 bridgehead atoms. The average Bonchev–Trinajstić information content (AvgIpc) is 2.25. The van der Waals surface area contributed by atoms with Crippen LogP contribution in [0, 0.1) is 18.8 Å². The fourth-order valence-corrected chi connectivity index (χ4v) is 2.05. The van der Waals surface area contributed by atoms with Gasteiger partial charge in [-0.25, -0.2) is 13.6 Å². The lowest BCUT2D eigenvalue weighted by Gasteiger charge is -2.09. The molecule has 0 unspecified atom stereocenters. The summed E-state index contributed by atoms with van der Waals surface area (Å²) in [5, 5.41) is 5.12. The zero-order valence-corrected chi connectivity index (χ0v) is 10.7. The van der Waals surface area contributed by atoms with Gasteiger partial charge in [0.2, 0.25) is 10.0 Å². The number of primary sulfonamides is 1. The van der Waals surface area contributed by atoms with Crippen LogP contribution in [0.4, 0.5) is 0 Å². The molecule has 1 rings (SSSR count). The maximum Gasteiger partial charge on any atom is 0.241 e. The standard InChI is InChI=1S/C12H15NO3S/c1-3-4-5-8-16-11-7-6-10(2)9-12(11)17(13,14)15/h6-7,9H,5,8H2,1-2H3,(H2,13,14,15). The lowest BCUT2D eigenvalue weighted by atomic mass is 10.2. The maximum absolute atomic E-state index is 11.4. The highest BCUT2D eigenvalue weighted by Gasteiger charge is 2.15. The first-order chi connectivity index (χ1) is 7.95. The SMILES string of the molecule is CC#CCCOc1ccc(C)cc1S(N)(=O)=O. The highest BCUT2D eigenvalue weighted by Crippen LogP contribution is 2.23. The molecule has 0 aliphatic carbocycles. The van der Waals surface area contributed by atoms with Crippen LogP contribution in [0.25, 0.3) is 0 Å². The first-order valence-corrected chi connectivity index (χ1v) is 6.65. The van der Waals surface area contributed by atoms with Gasteiger partial charge in [-0.05, 0) is 31.5 Å². The molecular weight excluding hydrogens is 238 g/mol. The van der Waals surface area contributed by atoms with Crippen LogP contribution >= 0.6 is 0 Å². The van der Waals surface area contributed by atoms with Crippen LogP contribution in [0.2, 0.25) is 0 Å². The summed E-state index contributed by atoms with van der Waals surface area (Å²) < 4.78 is 28.1. The van der Waals surface area contributed by atoms with E-state index in [0.29, 0.717) is 13.0 Å². The molecule has 0 atom stereocenters. The van der Waals surface area contributed by atoms with E-state index in [-0.39, 0.29) is 10.6 Å². The molecule has 5 heteroatoms. The zero-order chi connectivity index (χ0) is 12.9. The molecule has 0 heterocycles. The summed E-state index contributed by atoms with van der Waals surface area (Å²) in [6.07, 6.45) is 0.550. The molecule has 0 aliphatic heterocycles. The molecule has 92 valence electrons. The van der Waals surface area contributed by atoms with Gasteiger partial charge in [-0.3, -0.25) is 0 Å². The minimum Gasteiger partial charge on any atom is -0.491 e. The Kier molecular flexibility index (Phi) is 4.55. The molecule has 0 aliphatic rings. The number of benzene rings is 1. The summed E-state index contributed by atoms with van der Waals surface area (Å²) in [7, 11) is -3.76. The third-order valence-corrected chi connectivity index (χ3v) is 3.00. The Labute approximate surface area is 102 Å². The topological polar surface area (TPSA) is 69.4 Å². The summed E-state index contributed by atoms with van der Waals surface area (Å²) in [5.41, 5.74) is 0.815. The van der Waals surface area contributed by atoms with Gasteiger partial charge in [0.05, 0.1) is 6.61 Å². The van der Waals surface area contributed by atoms with E-state index < -0.39 is 10.0 Å². The predicted molar refractivity (Wildman–Crippen MR) is 66.1 cm³/mol. The molecule has 1 aromatic carbocycles. The fraction of sp³-hybridized carbons (Fsp3) is 0.333. The Bertz CT molecular complexity index is 553. The van der Waals surface area contributed by atoms with Crippen LogP contribution < -0.4 is 9.88 Å². The van der Waals surface area contributed by atoms with Crippen LogP contribution in [0.5, 0.6) is 5.75 Å². The van der Waals surface area contributed by atoms with E-state index in [4.69, 9.17) is 9.88 Å². The van der Waals surface area contributed by atoms with Crippen LogP contribution in [-0.4, -0.2) is 15.0 Å². The van der Waals surface area contributed by atoms with Crippen molar-refractivity contribution < 1.29 is 13.2 Å². The number of sulfonamides is 1. The molecule has 1 aromatic rings. The van der Waals surface area contributed by atoms with Crippen molar-refractivity contribution in [2.24, 2.45) is 5.14 Å². The number of aryl methyl sites for hydroxylation is 1. The second-order valence-electron chi connectivity index (χ2n) is 3.52.